The maximum atomic E-state index is 8.78. The van der Waals surface area contributed by atoms with Gasteiger partial charge in [-0.15, -0.1) is 0 Å². The summed E-state index contributed by atoms with van der Waals surface area (Å²) in [6.07, 6.45) is 1.69. The van der Waals surface area contributed by atoms with E-state index in [1.807, 2.05) is 12.1 Å². The first-order valence-corrected chi connectivity index (χ1v) is 7.39. The molecule has 0 radical (unpaired) electrons. The molecule has 0 aliphatic heterocycles. The van der Waals surface area contributed by atoms with Crippen molar-refractivity contribution < 1.29 is 4.52 Å². The molecule has 0 aliphatic rings. The second kappa shape index (κ2) is 6.66. The van der Waals surface area contributed by atoms with Crippen molar-refractivity contribution in [1.82, 2.24) is 10.1 Å². The van der Waals surface area contributed by atoms with Crippen molar-refractivity contribution in [2.24, 2.45) is 0 Å². The lowest BCUT2D eigenvalue weighted by molar-refractivity contribution is 0.410. The van der Waals surface area contributed by atoms with Crippen LogP contribution in [0.3, 0.4) is 0 Å². The molecule has 0 saturated carbocycles. The Labute approximate surface area is 142 Å². The van der Waals surface area contributed by atoms with E-state index in [4.69, 9.17) is 33.0 Å². The molecule has 1 aromatic heterocycles. The van der Waals surface area contributed by atoms with Crippen LogP contribution in [0.15, 0.2) is 53.1 Å². The molecule has 3 aromatic rings. The molecule has 0 spiro atoms. The Kier molecular flexibility index (Phi) is 4.42. The molecule has 0 unspecified atom stereocenters. The van der Waals surface area contributed by atoms with Crippen LogP contribution in [0.5, 0.6) is 0 Å². The average Bonchev–Trinajstić information content (AvgIpc) is 3.06. The summed E-state index contributed by atoms with van der Waals surface area (Å²) in [7, 11) is 0. The lowest BCUT2D eigenvalue weighted by atomic mass is 10.1. The van der Waals surface area contributed by atoms with Gasteiger partial charge in [-0.25, -0.2) is 0 Å². The van der Waals surface area contributed by atoms with Gasteiger partial charge in [-0.3, -0.25) is 0 Å². The molecule has 0 aliphatic carbocycles. The van der Waals surface area contributed by atoms with Gasteiger partial charge < -0.3 is 4.52 Å². The monoisotopic (exact) mass is 341 g/mol. The molecule has 112 valence electrons. The number of nitrogens with zero attached hydrogens (tertiary/aromatic N) is 3. The molecule has 2 aromatic carbocycles. The zero-order valence-electron chi connectivity index (χ0n) is 11.7. The van der Waals surface area contributed by atoms with Crippen molar-refractivity contribution in [3.63, 3.8) is 0 Å². The molecule has 0 bridgehead atoms. The van der Waals surface area contributed by atoms with Crippen LogP contribution in [0.4, 0.5) is 0 Å². The Morgan fingerprint density at radius 2 is 1.96 bits per heavy atom. The fourth-order valence-electron chi connectivity index (χ4n) is 1.93. The summed E-state index contributed by atoms with van der Waals surface area (Å²) >= 11 is 12.2. The highest BCUT2D eigenvalue weighted by Gasteiger charge is 2.11. The van der Waals surface area contributed by atoms with Crippen LogP contribution in [-0.4, -0.2) is 10.1 Å². The smallest absolute Gasteiger partial charge is 0.269 e. The second-order valence-corrected chi connectivity index (χ2v) is 5.50. The summed E-state index contributed by atoms with van der Waals surface area (Å²) in [6, 6.07) is 16.2. The lowest BCUT2D eigenvalue weighted by Gasteiger charge is -1.95. The van der Waals surface area contributed by atoms with E-state index < -0.39 is 0 Å². The summed E-state index contributed by atoms with van der Waals surface area (Å²) in [4.78, 5) is 4.26. The van der Waals surface area contributed by atoms with E-state index >= 15 is 0 Å². The molecule has 6 heteroatoms. The third-order valence-electron chi connectivity index (χ3n) is 3.05. The number of halogens is 2. The predicted molar refractivity (Wildman–Crippen MR) is 89.6 cm³/mol. The van der Waals surface area contributed by atoms with Gasteiger partial charge in [0, 0.05) is 10.6 Å². The molecule has 23 heavy (non-hydrogen) atoms. The Balaban J connectivity index is 1.87. The standard InChI is InChI=1S/C17H9Cl2N3O/c18-14-3-1-2-13(9-14)16-21-17(23-22-16)15(19)8-11-4-6-12(10-20)7-5-11/h1-9H/b15-8-. The van der Waals surface area contributed by atoms with Gasteiger partial charge in [0.25, 0.3) is 5.89 Å². The van der Waals surface area contributed by atoms with Crippen molar-refractivity contribution in [1.29, 1.82) is 5.26 Å². The molecular formula is C17H9Cl2N3O. The highest BCUT2D eigenvalue weighted by atomic mass is 35.5. The maximum absolute atomic E-state index is 8.78. The van der Waals surface area contributed by atoms with Crippen molar-refractivity contribution in [3.05, 3.63) is 70.6 Å². The molecule has 0 atom stereocenters. The molecule has 0 fully saturated rings. The van der Waals surface area contributed by atoms with E-state index in [9.17, 15) is 0 Å². The number of aromatic nitrogens is 2. The first-order valence-electron chi connectivity index (χ1n) is 6.63. The minimum atomic E-state index is 0.214. The molecular weight excluding hydrogens is 333 g/mol. The lowest BCUT2D eigenvalue weighted by Crippen LogP contribution is -1.82. The quantitative estimate of drug-likeness (QED) is 0.672. The van der Waals surface area contributed by atoms with Crippen LogP contribution in [0.25, 0.3) is 22.5 Å². The van der Waals surface area contributed by atoms with E-state index in [0.29, 0.717) is 21.4 Å². The molecule has 4 nitrogen and oxygen atoms in total. The first-order chi connectivity index (χ1) is 11.2. The molecule has 0 amide bonds. The third-order valence-corrected chi connectivity index (χ3v) is 3.55. The Morgan fingerprint density at radius 3 is 2.65 bits per heavy atom. The van der Waals surface area contributed by atoms with Gasteiger partial charge in [0.2, 0.25) is 5.82 Å². The van der Waals surface area contributed by atoms with Crippen molar-refractivity contribution in [2.75, 3.05) is 0 Å². The van der Waals surface area contributed by atoms with Crippen molar-refractivity contribution in [3.8, 4) is 17.5 Å². The van der Waals surface area contributed by atoms with Crippen molar-refractivity contribution >= 4 is 34.3 Å². The fraction of sp³-hybridized carbons (Fsp3) is 0. The second-order valence-electron chi connectivity index (χ2n) is 4.66. The summed E-state index contributed by atoms with van der Waals surface area (Å²) in [5, 5.41) is 13.6. The average molecular weight is 342 g/mol. The summed E-state index contributed by atoms with van der Waals surface area (Å²) in [6.45, 7) is 0. The number of hydrogen-bond acceptors (Lipinski definition) is 4. The molecule has 1 heterocycles. The van der Waals surface area contributed by atoms with E-state index in [0.717, 1.165) is 11.1 Å². The van der Waals surface area contributed by atoms with E-state index in [1.54, 1.807) is 42.5 Å². The minimum Gasteiger partial charge on any atom is -0.333 e. The maximum Gasteiger partial charge on any atom is 0.269 e. The molecule has 0 saturated heterocycles. The largest absolute Gasteiger partial charge is 0.333 e. The van der Waals surface area contributed by atoms with Gasteiger partial charge in [0.15, 0.2) is 0 Å². The zero-order valence-corrected chi connectivity index (χ0v) is 13.2. The van der Waals surface area contributed by atoms with Crippen LogP contribution >= 0.6 is 23.2 Å². The van der Waals surface area contributed by atoms with E-state index in [1.165, 1.54) is 0 Å². The van der Waals surface area contributed by atoms with Gasteiger partial charge in [-0.05, 0) is 35.9 Å². The third kappa shape index (κ3) is 3.59. The van der Waals surface area contributed by atoms with Gasteiger partial charge in [0.1, 0.15) is 5.03 Å². The van der Waals surface area contributed by atoms with Crippen LogP contribution in [0, 0.1) is 11.3 Å². The van der Waals surface area contributed by atoms with Gasteiger partial charge in [-0.2, -0.15) is 10.2 Å². The van der Waals surface area contributed by atoms with Gasteiger partial charge in [0.05, 0.1) is 11.6 Å². The van der Waals surface area contributed by atoms with Gasteiger partial charge >= 0.3 is 0 Å². The van der Waals surface area contributed by atoms with E-state index in [2.05, 4.69) is 16.2 Å². The van der Waals surface area contributed by atoms with Crippen molar-refractivity contribution in [2.45, 2.75) is 0 Å². The van der Waals surface area contributed by atoms with Crippen LogP contribution in [0.2, 0.25) is 5.02 Å². The number of nitriles is 1. The Hall–Kier alpha value is -2.61. The van der Waals surface area contributed by atoms with E-state index in [-0.39, 0.29) is 5.89 Å². The van der Waals surface area contributed by atoms with Gasteiger partial charge in [-0.1, -0.05) is 52.6 Å². The zero-order chi connectivity index (χ0) is 16.2. The van der Waals surface area contributed by atoms with Crippen LogP contribution < -0.4 is 0 Å². The number of hydrogen-bond donors (Lipinski definition) is 0. The SMILES string of the molecule is N#Cc1ccc(/C=C(\Cl)c2nc(-c3cccc(Cl)c3)no2)cc1. The first kappa shape index (κ1) is 15.3. The number of rotatable bonds is 3. The summed E-state index contributed by atoms with van der Waals surface area (Å²) in [5.41, 5.74) is 2.16. The highest BCUT2D eigenvalue weighted by Crippen LogP contribution is 2.25. The molecule has 3 rings (SSSR count). The van der Waals surface area contributed by atoms with Crippen LogP contribution in [-0.2, 0) is 0 Å². The van der Waals surface area contributed by atoms with Crippen LogP contribution in [0.1, 0.15) is 17.0 Å². The highest BCUT2D eigenvalue weighted by molar-refractivity contribution is 6.50. The minimum absolute atomic E-state index is 0.214. The molecule has 0 N–H and O–H groups in total. The Bertz CT molecular complexity index is 908. The summed E-state index contributed by atoms with van der Waals surface area (Å²) < 4.78 is 5.18. The summed E-state index contributed by atoms with van der Waals surface area (Å²) in [5.74, 6) is 0.625. The predicted octanol–water partition coefficient (Wildman–Crippen LogP) is 5.00. The number of benzene rings is 2. The fourth-order valence-corrected chi connectivity index (χ4v) is 2.32. The Morgan fingerprint density at radius 1 is 1.17 bits per heavy atom. The normalized spacial score (nSPS) is 11.3. The topological polar surface area (TPSA) is 62.7 Å².